The van der Waals surface area contributed by atoms with Crippen LogP contribution in [0.3, 0.4) is 0 Å². The van der Waals surface area contributed by atoms with Gasteiger partial charge in [-0.05, 0) is 18.2 Å². The molecular weight excluding hydrogens is 306 g/mol. The van der Waals surface area contributed by atoms with E-state index in [1.807, 2.05) is 0 Å². The number of carbonyl (C=O) groups excluding carboxylic acids is 1. The summed E-state index contributed by atoms with van der Waals surface area (Å²) in [6.45, 7) is -0.400. The van der Waals surface area contributed by atoms with Crippen molar-refractivity contribution in [3.8, 4) is 0 Å². The molecule has 0 fully saturated rings. The predicted molar refractivity (Wildman–Crippen MR) is 74.6 cm³/mol. The molecule has 0 unspecified atom stereocenters. The van der Waals surface area contributed by atoms with Gasteiger partial charge in [-0.1, -0.05) is 11.6 Å². The van der Waals surface area contributed by atoms with Crippen LogP contribution < -0.4 is 0 Å². The number of hydrogen-bond donors (Lipinski definition) is 2. The molecule has 0 aliphatic rings. The molecule has 1 rings (SSSR count). The van der Waals surface area contributed by atoms with Gasteiger partial charge in [0, 0.05) is 24.9 Å². The number of aliphatic hydroxyl groups excluding tert-OH is 2. The molecule has 0 saturated carbocycles. The average Bonchev–Trinajstić information content (AvgIpc) is 2.37. The van der Waals surface area contributed by atoms with E-state index >= 15 is 0 Å². The molecule has 0 aliphatic carbocycles. The molecule has 0 aliphatic heterocycles. The van der Waals surface area contributed by atoms with E-state index in [1.54, 1.807) is 0 Å². The molecule has 1 amide bonds. The van der Waals surface area contributed by atoms with Crippen LogP contribution in [0.5, 0.6) is 0 Å². The van der Waals surface area contributed by atoms with Gasteiger partial charge in [-0.3, -0.25) is 4.79 Å². The summed E-state index contributed by atoms with van der Waals surface area (Å²) in [5.74, 6) is -0.477. The minimum absolute atomic E-state index is 0.0416. The summed E-state index contributed by atoms with van der Waals surface area (Å²) in [6.07, 6.45) is 1.00. The molecule has 8 heteroatoms. The molecule has 1 aromatic carbocycles. The van der Waals surface area contributed by atoms with Crippen LogP contribution >= 0.6 is 11.6 Å². The Hall–Kier alpha value is -1.15. The SMILES string of the molecule is CS(=O)(=O)c1cc(C(=O)N(CCO)CCO)ccc1Cl. The lowest BCUT2D eigenvalue weighted by Crippen LogP contribution is -2.35. The van der Waals surface area contributed by atoms with Crippen LogP contribution in [-0.2, 0) is 9.84 Å². The zero-order valence-electron chi connectivity index (χ0n) is 10.9. The zero-order valence-corrected chi connectivity index (χ0v) is 12.5. The number of sulfone groups is 1. The quantitative estimate of drug-likeness (QED) is 0.779. The van der Waals surface area contributed by atoms with Crippen molar-refractivity contribution in [1.29, 1.82) is 0 Å². The van der Waals surface area contributed by atoms with Crippen LogP contribution in [0.15, 0.2) is 23.1 Å². The Morgan fingerprint density at radius 3 is 2.25 bits per heavy atom. The van der Waals surface area contributed by atoms with E-state index < -0.39 is 15.7 Å². The maximum atomic E-state index is 12.2. The second kappa shape index (κ2) is 7.03. The topological polar surface area (TPSA) is 94.9 Å². The Morgan fingerprint density at radius 1 is 1.25 bits per heavy atom. The number of hydrogen-bond acceptors (Lipinski definition) is 5. The molecule has 0 saturated heterocycles. The minimum Gasteiger partial charge on any atom is -0.395 e. The van der Waals surface area contributed by atoms with Crippen LogP contribution in [-0.4, -0.2) is 62.0 Å². The summed E-state index contributed by atoms with van der Waals surface area (Å²) >= 11 is 5.80. The Bertz CT molecular complexity index is 582. The summed E-state index contributed by atoms with van der Waals surface area (Å²) in [7, 11) is -3.54. The van der Waals surface area contributed by atoms with Crippen molar-refractivity contribution in [2.45, 2.75) is 4.90 Å². The number of nitrogens with zero attached hydrogens (tertiary/aromatic N) is 1. The molecule has 0 heterocycles. The van der Waals surface area contributed by atoms with Gasteiger partial charge in [-0.25, -0.2) is 8.42 Å². The summed E-state index contributed by atoms with van der Waals surface area (Å²) in [5, 5.41) is 17.8. The third-order valence-corrected chi connectivity index (χ3v) is 4.18. The first kappa shape index (κ1) is 16.9. The number of amides is 1. The van der Waals surface area contributed by atoms with Gasteiger partial charge >= 0.3 is 0 Å². The van der Waals surface area contributed by atoms with Gasteiger partial charge in [0.25, 0.3) is 5.91 Å². The first-order valence-electron chi connectivity index (χ1n) is 5.82. The molecule has 2 N–H and O–H groups in total. The monoisotopic (exact) mass is 321 g/mol. The average molecular weight is 322 g/mol. The number of halogens is 1. The summed E-state index contributed by atoms with van der Waals surface area (Å²) < 4.78 is 23.1. The molecule has 0 aromatic heterocycles. The van der Waals surface area contributed by atoms with Crippen molar-refractivity contribution in [2.24, 2.45) is 0 Å². The Labute approximate surface area is 122 Å². The number of benzene rings is 1. The van der Waals surface area contributed by atoms with E-state index in [9.17, 15) is 13.2 Å². The van der Waals surface area contributed by atoms with Crippen molar-refractivity contribution >= 4 is 27.3 Å². The van der Waals surface area contributed by atoms with E-state index in [4.69, 9.17) is 21.8 Å². The second-order valence-electron chi connectivity index (χ2n) is 4.16. The van der Waals surface area contributed by atoms with Gasteiger partial charge in [0.1, 0.15) is 0 Å². The van der Waals surface area contributed by atoms with Gasteiger partial charge in [-0.2, -0.15) is 0 Å². The van der Waals surface area contributed by atoms with Gasteiger partial charge in [0.05, 0.1) is 23.1 Å². The van der Waals surface area contributed by atoms with Crippen LogP contribution in [0.25, 0.3) is 0 Å². The van der Waals surface area contributed by atoms with Crippen molar-refractivity contribution < 1.29 is 23.4 Å². The molecule has 1 aromatic rings. The highest BCUT2D eigenvalue weighted by molar-refractivity contribution is 7.90. The molecule has 20 heavy (non-hydrogen) atoms. The van der Waals surface area contributed by atoms with Gasteiger partial charge in [0.2, 0.25) is 0 Å². The Kier molecular flexibility index (Phi) is 5.94. The van der Waals surface area contributed by atoms with E-state index in [0.29, 0.717) is 0 Å². The molecule has 6 nitrogen and oxygen atoms in total. The standard InChI is InChI=1S/C12H16ClNO5S/c1-20(18,19)11-8-9(2-3-10(11)13)12(17)14(4-6-15)5-7-16/h2-3,8,15-16H,4-7H2,1H3. The second-order valence-corrected chi connectivity index (χ2v) is 6.55. The maximum Gasteiger partial charge on any atom is 0.254 e. The molecule has 0 bridgehead atoms. The maximum absolute atomic E-state index is 12.2. The van der Waals surface area contributed by atoms with Crippen molar-refractivity contribution in [1.82, 2.24) is 4.90 Å². The Balaban J connectivity index is 3.16. The molecule has 0 atom stereocenters. The smallest absolute Gasteiger partial charge is 0.254 e. The molecule has 112 valence electrons. The van der Waals surface area contributed by atoms with Crippen molar-refractivity contribution in [2.75, 3.05) is 32.6 Å². The fourth-order valence-electron chi connectivity index (χ4n) is 1.66. The van der Waals surface area contributed by atoms with E-state index in [-0.39, 0.29) is 41.8 Å². The zero-order chi connectivity index (χ0) is 15.3. The molecule has 0 radical (unpaired) electrons. The predicted octanol–water partition coefficient (Wildman–Crippen LogP) is 0.170. The summed E-state index contributed by atoms with van der Waals surface area (Å²) in [6, 6.07) is 3.93. The third-order valence-electron chi connectivity index (χ3n) is 2.60. The molecular formula is C12H16ClNO5S. The lowest BCUT2D eigenvalue weighted by molar-refractivity contribution is 0.0684. The van der Waals surface area contributed by atoms with Gasteiger partial charge in [-0.15, -0.1) is 0 Å². The van der Waals surface area contributed by atoms with Gasteiger partial charge < -0.3 is 15.1 Å². The molecule has 0 spiro atoms. The van der Waals surface area contributed by atoms with E-state index in [1.165, 1.54) is 23.1 Å². The number of rotatable bonds is 6. The van der Waals surface area contributed by atoms with E-state index in [2.05, 4.69) is 0 Å². The Morgan fingerprint density at radius 2 is 1.80 bits per heavy atom. The fourth-order valence-corrected chi connectivity index (χ4v) is 2.96. The highest BCUT2D eigenvalue weighted by Gasteiger charge is 2.19. The van der Waals surface area contributed by atoms with E-state index in [0.717, 1.165) is 6.26 Å². The fraction of sp³-hybridized carbons (Fsp3) is 0.417. The highest BCUT2D eigenvalue weighted by atomic mass is 35.5. The number of carbonyl (C=O) groups is 1. The van der Waals surface area contributed by atoms with Crippen molar-refractivity contribution in [3.05, 3.63) is 28.8 Å². The number of aliphatic hydroxyl groups is 2. The lowest BCUT2D eigenvalue weighted by atomic mass is 10.2. The first-order valence-corrected chi connectivity index (χ1v) is 8.08. The van der Waals surface area contributed by atoms with Crippen LogP contribution in [0.4, 0.5) is 0 Å². The van der Waals surface area contributed by atoms with Crippen molar-refractivity contribution in [3.63, 3.8) is 0 Å². The largest absolute Gasteiger partial charge is 0.395 e. The first-order chi connectivity index (χ1) is 9.31. The van der Waals surface area contributed by atoms with Crippen LogP contribution in [0.2, 0.25) is 5.02 Å². The third kappa shape index (κ3) is 4.17. The summed E-state index contributed by atoms with van der Waals surface area (Å²) in [5.41, 5.74) is 0.136. The highest BCUT2D eigenvalue weighted by Crippen LogP contribution is 2.23. The minimum atomic E-state index is -3.54. The van der Waals surface area contributed by atoms with Crippen LogP contribution in [0, 0.1) is 0 Å². The van der Waals surface area contributed by atoms with Gasteiger partial charge in [0.15, 0.2) is 9.84 Å². The summed E-state index contributed by atoms with van der Waals surface area (Å²) in [4.78, 5) is 13.3. The lowest BCUT2D eigenvalue weighted by Gasteiger charge is -2.21. The van der Waals surface area contributed by atoms with Crippen LogP contribution in [0.1, 0.15) is 10.4 Å². The normalized spacial score (nSPS) is 11.4.